The van der Waals surface area contributed by atoms with Crippen molar-refractivity contribution in [2.24, 2.45) is 0 Å². The van der Waals surface area contributed by atoms with Gasteiger partial charge in [-0.25, -0.2) is 4.79 Å². The molecule has 0 aromatic heterocycles. The molecule has 0 aliphatic carbocycles. The minimum Gasteiger partial charge on any atom is -0.580 e. The van der Waals surface area contributed by atoms with Gasteiger partial charge in [0.1, 0.15) is 0 Å². The Bertz CT molecular complexity index is 529. The summed E-state index contributed by atoms with van der Waals surface area (Å²) in [4.78, 5) is 33.6. The Balaban J connectivity index is 5.14. The monoisotopic (exact) mass is 354 g/mol. The molecule has 0 bridgehead atoms. The zero-order valence-electron chi connectivity index (χ0n) is 14.9. The number of ether oxygens (including phenoxy) is 1. The lowest BCUT2D eigenvalue weighted by Gasteiger charge is -2.17. The van der Waals surface area contributed by atoms with Crippen molar-refractivity contribution < 1.29 is 30.5 Å². The third kappa shape index (κ3) is 11.5. The largest absolute Gasteiger partial charge is 1.20 e. The summed E-state index contributed by atoms with van der Waals surface area (Å²) < 4.78 is 21.3. The van der Waals surface area contributed by atoms with Crippen LogP contribution >= 0.6 is 0 Å². The van der Waals surface area contributed by atoms with E-state index in [1.807, 2.05) is 0 Å². The van der Waals surface area contributed by atoms with Gasteiger partial charge in [0.25, 0.3) is 0 Å². The SMILES string of the molecule is CCOC(=O)/C=C(/C)[O][Al]([O]/C(C)=C\C(C)=O)[O]/C(C)=C\C(C)=O. The summed E-state index contributed by atoms with van der Waals surface area (Å²) in [5, 5.41) is 0. The molecule has 132 valence electrons. The van der Waals surface area contributed by atoms with Crippen LogP contribution in [0.5, 0.6) is 0 Å². The highest BCUT2D eigenvalue weighted by Gasteiger charge is 2.44. The molecule has 0 heterocycles. The second-order valence-corrected chi connectivity index (χ2v) is 6.16. The summed E-state index contributed by atoms with van der Waals surface area (Å²) in [6.07, 6.45) is 3.76. The molecule has 24 heavy (non-hydrogen) atoms. The molecule has 0 aliphatic rings. The van der Waals surface area contributed by atoms with Crippen LogP contribution < -0.4 is 0 Å². The molecule has 8 heteroatoms. The number of allylic oxidation sites excluding steroid dienone is 5. The van der Waals surface area contributed by atoms with Crippen molar-refractivity contribution >= 4 is 32.7 Å². The van der Waals surface area contributed by atoms with Crippen LogP contribution in [0.3, 0.4) is 0 Å². The van der Waals surface area contributed by atoms with E-state index in [-0.39, 0.29) is 23.9 Å². The maximum atomic E-state index is 11.4. The maximum absolute atomic E-state index is 11.4. The second-order valence-electron chi connectivity index (χ2n) is 4.88. The summed E-state index contributed by atoms with van der Waals surface area (Å²) >= 11 is -2.82. The van der Waals surface area contributed by atoms with Crippen LogP contribution in [-0.4, -0.2) is 39.3 Å². The molecule has 0 rings (SSSR count). The number of ketones is 2. The lowest BCUT2D eigenvalue weighted by atomic mass is 10.4. The number of carbonyl (C=O) groups is 3. The first-order chi connectivity index (χ1) is 11.1. The van der Waals surface area contributed by atoms with E-state index in [4.69, 9.17) is 16.1 Å². The lowest BCUT2D eigenvalue weighted by Crippen LogP contribution is -2.26. The first-order valence-corrected chi connectivity index (χ1v) is 8.78. The third-order valence-electron chi connectivity index (χ3n) is 2.27. The van der Waals surface area contributed by atoms with Crippen LogP contribution in [0.4, 0.5) is 0 Å². The molecule has 0 N–H and O–H groups in total. The van der Waals surface area contributed by atoms with Gasteiger partial charge in [-0.3, -0.25) is 9.59 Å². The van der Waals surface area contributed by atoms with E-state index < -0.39 is 21.1 Å². The fraction of sp³-hybridized carbons (Fsp3) is 0.438. The van der Waals surface area contributed by atoms with Gasteiger partial charge >= 0.3 is 21.1 Å². The molecule has 0 fully saturated rings. The van der Waals surface area contributed by atoms with Crippen molar-refractivity contribution in [1.29, 1.82) is 0 Å². The second kappa shape index (κ2) is 11.5. The van der Waals surface area contributed by atoms with Crippen LogP contribution in [-0.2, 0) is 30.5 Å². The Morgan fingerprint density at radius 1 is 0.750 bits per heavy atom. The number of esters is 1. The quantitative estimate of drug-likeness (QED) is 0.258. The van der Waals surface area contributed by atoms with E-state index in [2.05, 4.69) is 0 Å². The molecule has 0 saturated heterocycles. The zero-order valence-corrected chi connectivity index (χ0v) is 16.0. The van der Waals surface area contributed by atoms with Gasteiger partial charge < -0.3 is 16.1 Å². The molecule has 0 amide bonds. The highest BCUT2D eigenvalue weighted by Crippen LogP contribution is 2.11. The first-order valence-electron chi connectivity index (χ1n) is 7.36. The molecule has 0 unspecified atom stereocenters. The van der Waals surface area contributed by atoms with Gasteiger partial charge in [-0.1, -0.05) is 0 Å². The molecular weight excluding hydrogens is 331 g/mol. The molecule has 0 aromatic carbocycles. The number of rotatable bonds is 10. The molecular formula is C16H23AlO7. The van der Waals surface area contributed by atoms with E-state index in [9.17, 15) is 14.4 Å². The normalized spacial score (nSPS) is 12.3. The fourth-order valence-electron chi connectivity index (χ4n) is 1.55. The van der Waals surface area contributed by atoms with Crippen molar-refractivity contribution in [2.45, 2.75) is 41.5 Å². The molecule has 0 spiro atoms. The predicted octanol–water partition coefficient (Wildman–Crippen LogP) is 2.47. The Labute approximate surface area is 147 Å². The Kier molecular flexibility index (Phi) is 10.5. The Morgan fingerprint density at radius 3 is 1.46 bits per heavy atom. The Hall–Kier alpha value is -2.04. The van der Waals surface area contributed by atoms with Crippen molar-refractivity contribution in [1.82, 2.24) is 0 Å². The predicted molar refractivity (Wildman–Crippen MR) is 88.3 cm³/mol. The van der Waals surface area contributed by atoms with Gasteiger partial charge in [-0.05, 0) is 41.5 Å². The maximum Gasteiger partial charge on any atom is 1.20 e. The standard InChI is InChI=1S/C6H10O3.2C5H8O2.Al/c1-3-9-6(8)4-5(2)7;2*1-4(6)3-5(2)7;/h4,7H,3H2,1-2H3;2*3,6H,1-2H3;/q;;;+3/p-3/b5-4-;2*4-3-;. The van der Waals surface area contributed by atoms with Gasteiger partial charge in [0, 0.05) is 12.2 Å². The smallest absolute Gasteiger partial charge is 0.580 e. The zero-order chi connectivity index (χ0) is 18.7. The summed E-state index contributed by atoms with van der Waals surface area (Å²) in [7, 11) is 0. The van der Waals surface area contributed by atoms with Gasteiger partial charge in [0.2, 0.25) is 0 Å². The van der Waals surface area contributed by atoms with Gasteiger partial charge in [-0.2, -0.15) is 0 Å². The fourth-order valence-corrected chi connectivity index (χ4v) is 2.81. The summed E-state index contributed by atoms with van der Waals surface area (Å²) in [6, 6.07) is 0. The van der Waals surface area contributed by atoms with Gasteiger partial charge in [-0.15, -0.1) is 0 Å². The summed E-state index contributed by atoms with van der Waals surface area (Å²) in [5.41, 5.74) is 0. The average molecular weight is 354 g/mol. The van der Waals surface area contributed by atoms with Crippen LogP contribution in [0.2, 0.25) is 0 Å². The average Bonchev–Trinajstić information content (AvgIpc) is 2.35. The van der Waals surface area contributed by atoms with E-state index in [0.717, 1.165) is 0 Å². The van der Waals surface area contributed by atoms with Gasteiger partial charge in [0.05, 0.1) is 30.0 Å². The Morgan fingerprint density at radius 2 is 1.12 bits per heavy atom. The van der Waals surface area contributed by atoms with Crippen LogP contribution in [0, 0.1) is 0 Å². The third-order valence-corrected chi connectivity index (χ3v) is 3.96. The first kappa shape index (κ1) is 22.0. The number of carbonyl (C=O) groups excluding carboxylic acids is 3. The van der Waals surface area contributed by atoms with E-state index in [0.29, 0.717) is 11.5 Å². The topological polar surface area (TPSA) is 88.1 Å². The van der Waals surface area contributed by atoms with Crippen LogP contribution in [0.25, 0.3) is 0 Å². The lowest BCUT2D eigenvalue weighted by molar-refractivity contribution is -0.137. The molecule has 0 saturated carbocycles. The summed E-state index contributed by atoms with van der Waals surface area (Å²) in [5.74, 6) is -0.0337. The molecule has 7 nitrogen and oxygen atoms in total. The highest BCUT2D eigenvalue weighted by molar-refractivity contribution is 6.37. The number of hydrogen-bond acceptors (Lipinski definition) is 7. The molecule has 0 aromatic rings. The van der Waals surface area contributed by atoms with Crippen LogP contribution in [0.15, 0.2) is 35.5 Å². The van der Waals surface area contributed by atoms with E-state index in [1.165, 1.54) is 32.1 Å². The van der Waals surface area contributed by atoms with Gasteiger partial charge in [0.15, 0.2) is 11.6 Å². The molecule has 0 aliphatic heterocycles. The molecule has 0 atom stereocenters. The van der Waals surface area contributed by atoms with Crippen molar-refractivity contribution in [3.05, 3.63) is 35.5 Å². The minimum absolute atomic E-state index is 0.185. The number of hydrogen-bond donors (Lipinski definition) is 0. The molecule has 0 radical (unpaired) electrons. The van der Waals surface area contributed by atoms with Crippen LogP contribution in [0.1, 0.15) is 41.5 Å². The summed E-state index contributed by atoms with van der Waals surface area (Å²) in [6.45, 7) is 9.44. The minimum atomic E-state index is -2.82. The van der Waals surface area contributed by atoms with Crippen molar-refractivity contribution in [3.8, 4) is 0 Å². The van der Waals surface area contributed by atoms with E-state index >= 15 is 0 Å². The van der Waals surface area contributed by atoms with Crippen molar-refractivity contribution in [2.75, 3.05) is 6.61 Å². The van der Waals surface area contributed by atoms with Crippen molar-refractivity contribution in [3.63, 3.8) is 0 Å². The highest BCUT2D eigenvalue weighted by atomic mass is 27.3. The van der Waals surface area contributed by atoms with E-state index in [1.54, 1.807) is 27.7 Å².